The highest BCUT2D eigenvalue weighted by Gasteiger charge is 2.42. The van der Waals surface area contributed by atoms with Gasteiger partial charge in [-0.1, -0.05) is 20.8 Å². The second-order valence-corrected chi connectivity index (χ2v) is 5.87. The molecule has 0 bridgehead atoms. The summed E-state index contributed by atoms with van der Waals surface area (Å²) in [6.07, 6.45) is 2.75. The Morgan fingerprint density at radius 3 is 2.20 bits per heavy atom. The monoisotopic (exact) mass is 213 g/mol. The molecule has 1 saturated carbocycles. The van der Waals surface area contributed by atoms with Gasteiger partial charge < -0.3 is 10.1 Å². The van der Waals surface area contributed by atoms with Crippen LogP contribution < -0.4 is 5.32 Å². The number of rotatable bonds is 7. The van der Waals surface area contributed by atoms with Crippen molar-refractivity contribution in [3.8, 4) is 0 Å². The second-order valence-electron chi connectivity index (χ2n) is 5.87. The lowest BCUT2D eigenvalue weighted by Gasteiger charge is -2.25. The summed E-state index contributed by atoms with van der Waals surface area (Å²) < 4.78 is 5.63. The Balaban J connectivity index is 2.10. The Labute approximate surface area is 94.8 Å². The number of hydrogen-bond acceptors (Lipinski definition) is 2. The van der Waals surface area contributed by atoms with Gasteiger partial charge in [0, 0.05) is 18.7 Å². The van der Waals surface area contributed by atoms with Crippen molar-refractivity contribution in [1.29, 1.82) is 0 Å². The van der Waals surface area contributed by atoms with Crippen LogP contribution in [0.2, 0.25) is 0 Å². The van der Waals surface area contributed by atoms with Gasteiger partial charge in [-0.05, 0) is 38.0 Å². The zero-order chi connectivity index (χ0) is 11.5. The van der Waals surface area contributed by atoms with E-state index in [4.69, 9.17) is 4.74 Å². The van der Waals surface area contributed by atoms with E-state index >= 15 is 0 Å². The maximum atomic E-state index is 5.63. The summed E-state index contributed by atoms with van der Waals surface area (Å²) in [6.45, 7) is 13.0. The quantitative estimate of drug-likeness (QED) is 0.702. The molecule has 0 saturated heterocycles. The normalized spacial score (nSPS) is 22.8. The molecule has 2 unspecified atom stereocenters. The van der Waals surface area contributed by atoms with Crippen molar-refractivity contribution < 1.29 is 4.74 Å². The van der Waals surface area contributed by atoms with Gasteiger partial charge in [-0.3, -0.25) is 0 Å². The highest BCUT2D eigenvalue weighted by atomic mass is 16.5. The molecule has 0 aromatic heterocycles. The van der Waals surface area contributed by atoms with E-state index in [9.17, 15) is 0 Å². The Morgan fingerprint density at radius 1 is 1.13 bits per heavy atom. The van der Waals surface area contributed by atoms with Gasteiger partial charge in [0.1, 0.15) is 0 Å². The van der Waals surface area contributed by atoms with E-state index in [0.717, 1.165) is 13.2 Å². The van der Waals surface area contributed by atoms with Crippen molar-refractivity contribution >= 4 is 0 Å². The summed E-state index contributed by atoms with van der Waals surface area (Å²) in [7, 11) is 0. The molecule has 1 aliphatic carbocycles. The molecule has 0 aliphatic heterocycles. The molecule has 0 aromatic rings. The summed E-state index contributed by atoms with van der Waals surface area (Å²) >= 11 is 0. The highest BCUT2D eigenvalue weighted by molar-refractivity contribution is 4.97. The van der Waals surface area contributed by atoms with Gasteiger partial charge in [0.05, 0.1) is 6.61 Å². The smallest absolute Gasteiger partial charge is 0.0617 e. The zero-order valence-corrected chi connectivity index (χ0v) is 11.0. The molecular formula is C13H27NO. The Hall–Kier alpha value is -0.0800. The van der Waals surface area contributed by atoms with Crippen LogP contribution in [-0.4, -0.2) is 25.3 Å². The topological polar surface area (TPSA) is 21.3 Å². The van der Waals surface area contributed by atoms with Crippen molar-refractivity contribution in [3.63, 3.8) is 0 Å². The van der Waals surface area contributed by atoms with Gasteiger partial charge in [0.15, 0.2) is 0 Å². The summed E-state index contributed by atoms with van der Waals surface area (Å²) in [5.41, 5.74) is 0.562. The second kappa shape index (κ2) is 5.31. The minimum Gasteiger partial charge on any atom is -0.380 e. The minimum atomic E-state index is 0.469. The predicted octanol–water partition coefficient (Wildman–Crippen LogP) is 2.83. The molecule has 1 rings (SSSR count). The highest BCUT2D eigenvalue weighted by Crippen LogP contribution is 2.47. The molecule has 0 amide bonds. The van der Waals surface area contributed by atoms with Crippen LogP contribution in [0.25, 0.3) is 0 Å². The van der Waals surface area contributed by atoms with Crippen molar-refractivity contribution in [2.45, 2.75) is 59.5 Å². The van der Waals surface area contributed by atoms with Crippen LogP contribution in [0.5, 0.6) is 0 Å². The molecule has 1 N–H and O–H groups in total. The molecule has 0 radical (unpaired) electrons. The van der Waals surface area contributed by atoms with Crippen LogP contribution in [0.1, 0.15) is 47.5 Å². The van der Waals surface area contributed by atoms with Crippen LogP contribution >= 0.6 is 0 Å². The Morgan fingerprint density at radius 2 is 1.73 bits per heavy atom. The number of hydrogen-bond donors (Lipinski definition) is 1. The molecule has 90 valence electrons. The lowest BCUT2D eigenvalue weighted by molar-refractivity contribution is 0.0889. The first-order valence-electron chi connectivity index (χ1n) is 6.28. The standard InChI is InChI=1S/C13H27NO/c1-10(2)8-15-9-11(3)14-12(4)13(5)6-7-13/h10-12,14H,6-9H2,1-5H3. The maximum absolute atomic E-state index is 5.63. The fourth-order valence-electron chi connectivity index (χ4n) is 1.79. The molecule has 0 heterocycles. The molecule has 15 heavy (non-hydrogen) atoms. The number of ether oxygens (including phenoxy) is 1. The van der Waals surface area contributed by atoms with Crippen LogP contribution in [0.4, 0.5) is 0 Å². The zero-order valence-electron chi connectivity index (χ0n) is 11.0. The largest absolute Gasteiger partial charge is 0.380 e. The van der Waals surface area contributed by atoms with Gasteiger partial charge in [0.25, 0.3) is 0 Å². The van der Waals surface area contributed by atoms with Crippen molar-refractivity contribution in [2.24, 2.45) is 11.3 Å². The van der Waals surface area contributed by atoms with Gasteiger partial charge in [-0.2, -0.15) is 0 Å². The third kappa shape index (κ3) is 4.52. The van der Waals surface area contributed by atoms with Gasteiger partial charge in [0.2, 0.25) is 0 Å². The van der Waals surface area contributed by atoms with Crippen LogP contribution in [-0.2, 0) is 4.74 Å². The van der Waals surface area contributed by atoms with Crippen LogP contribution in [0, 0.1) is 11.3 Å². The van der Waals surface area contributed by atoms with Crippen molar-refractivity contribution in [2.75, 3.05) is 13.2 Å². The van der Waals surface area contributed by atoms with Crippen molar-refractivity contribution in [1.82, 2.24) is 5.32 Å². The third-order valence-electron chi connectivity index (χ3n) is 3.44. The first kappa shape index (κ1) is 13.0. The summed E-state index contributed by atoms with van der Waals surface area (Å²) in [5, 5.41) is 3.63. The average molecular weight is 213 g/mol. The van der Waals surface area contributed by atoms with E-state index in [-0.39, 0.29) is 0 Å². The molecule has 0 spiro atoms. The van der Waals surface area contributed by atoms with E-state index in [2.05, 4.69) is 39.9 Å². The molecule has 2 atom stereocenters. The van der Waals surface area contributed by atoms with Crippen LogP contribution in [0.15, 0.2) is 0 Å². The summed E-state index contributed by atoms with van der Waals surface area (Å²) in [5.74, 6) is 0.635. The van der Waals surface area contributed by atoms with E-state index < -0.39 is 0 Å². The lowest BCUT2D eigenvalue weighted by atomic mass is 10.0. The molecule has 2 heteroatoms. The first-order valence-corrected chi connectivity index (χ1v) is 6.28. The third-order valence-corrected chi connectivity index (χ3v) is 3.44. The van der Waals surface area contributed by atoms with Gasteiger partial charge in [-0.15, -0.1) is 0 Å². The first-order chi connectivity index (χ1) is 6.94. The molecule has 2 nitrogen and oxygen atoms in total. The molecular weight excluding hydrogens is 186 g/mol. The average Bonchev–Trinajstić information content (AvgIpc) is 2.84. The lowest BCUT2D eigenvalue weighted by Crippen LogP contribution is -2.42. The molecule has 1 fully saturated rings. The van der Waals surface area contributed by atoms with Gasteiger partial charge in [-0.25, -0.2) is 0 Å². The van der Waals surface area contributed by atoms with E-state index in [1.54, 1.807) is 0 Å². The fourth-order valence-corrected chi connectivity index (χ4v) is 1.79. The minimum absolute atomic E-state index is 0.469. The molecule has 1 aliphatic rings. The van der Waals surface area contributed by atoms with E-state index in [1.807, 2.05) is 0 Å². The van der Waals surface area contributed by atoms with E-state index in [1.165, 1.54) is 12.8 Å². The van der Waals surface area contributed by atoms with E-state index in [0.29, 0.717) is 23.4 Å². The summed E-state index contributed by atoms with van der Waals surface area (Å²) in [6, 6.07) is 1.09. The maximum Gasteiger partial charge on any atom is 0.0617 e. The Kier molecular flexibility index (Phi) is 4.60. The molecule has 0 aromatic carbocycles. The number of nitrogens with one attached hydrogen (secondary N) is 1. The summed E-state index contributed by atoms with van der Waals surface area (Å²) in [4.78, 5) is 0. The SMILES string of the molecule is CC(C)COCC(C)NC(C)C1(C)CC1. The van der Waals surface area contributed by atoms with Gasteiger partial charge >= 0.3 is 0 Å². The van der Waals surface area contributed by atoms with Crippen LogP contribution in [0.3, 0.4) is 0 Å². The predicted molar refractivity (Wildman–Crippen MR) is 65.1 cm³/mol. The fraction of sp³-hybridized carbons (Fsp3) is 1.00. The van der Waals surface area contributed by atoms with Crippen molar-refractivity contribution in [3.05, 3.63) is 0 Å². The Bertz CT molecular complexity index is 187.